The number of fused-ring (bicyclic) bond motifs is 2. The number of aliphatic carboxylic acids is 2. The number of carbonyl (C=O) groups excluding carboxylic acids is 1. The van der Waals surface area contributed by atoms with Crippen molar-refractivity contribution in [2.24, 2.45) is 0 Å². The molecule has 2 heterocycles. The van der Waals surface area contributed by atoms with Gasteiger partial charge in [0.05, 0.1) is 0 Å². The van der Waals surface area contributed by atoms with E-state index in [9.17, 15) is 24.6 Å². The fourth-order valence-electron chi connectivity index (χ4n) is 3.11. The van der Waals surface area contributed by atoms with Crippen molar-refractivity contribution >= 4 is 18.0 Å². The van der Waals surface area contributed by atoms with Crippen LogP contribution in [-0.4, -0.2) is 112 Å². The Balaban J connectivity index is 2.17. The summed E-state index contributed by atoms with van der Waals surface area (Å²) in [6.07, 6.45) is 0. The van der Waals surface area contributed by atoms with Gasteiger partial charge in [-0.25, -0.2) is 4.79 Å². The van der Waals surface area contributed by atoms with Crippen LogP contribution in [0.25, 0.3) is 0 Å². The molecule has 2 bridgehead atoms. The highest BCUT2D eigenvalue weighted by molar-refractivity contribution is 5.76. The molecule has 2 aliphatic rings. The number of urea groups is 1. The van der Waals surface area contributed by atoms with Crippen molar-refractivity contribution in [2.45, 2.75) is 25.9 Å². The maximum atomic E-state index is 12.3. The van der Waals surface area contributed by atoms with Gasteiger partial charge >= 0.3 is 18.0 Å². The molecule has 0 radical (unpaired) electrons. The molecule has 2 fully saturated rings. The molecule has 2 saturated heterocycles. The smallest absolute Gasteiger partial charge is 0.320 e. The van der Waals surface area contributed by atoms with Gasteiger partial charge in [-0.1, -0.05) is 0 Å². The van der Waals surface area contributed by atoms with Crippen molar-refractivity contribution in [3.63, 3.8) is 0 Å². The molecule has 0 saturated carbocycles. The fourth-order valence-corrected chi connectivity index (χ4v) is 3.11. The predicted molar refractivity (Wildman–Crippen MR) is 85.9 cm³/mol. The zero-order valence-electron chi connectivity index (χ0n) is 14.2. The maximum Gasteiger partial charge on any atom is 0.320 e. The van der Waals surface area contributed by atoms with Crippen LogP contribution in [0, 0.1) is 0 Å². The fraction of sp³-hybridized carbons (Fsp3) is 0.800. The second kappa shape index (κ2) is 7.80. The largest absolute Gasteiger partial charge is 0.480 e. The van der Waals surface area contributed by atoms with Crippen LogP contribution in [0.2, 0.25) is 0 Å². The van der Waals surface area contributed by atoms with Crippen LogP contribution < -0.4 is 0 Å². The minimum absolute atomic E-state index is 0.0530. The zero-order chi connectivity index (χ0) is 17.9. The minimum atomic E-state index is -0.919. The third kappa shape index (κ3) is 4.15. The van der Waals surface area contributed by atoms with E-state index in [4.69, 9.17) is 0 Å². The van der Waals surface area contributed by atoms with Gasteiger partial charge in [0.25, 0.3) is 0 Å². The molecule has 136 valence electrons. The summed E-state index contributed by atoms with van der Waals surface area (Å²) < 4.78 is 0. The van der Waals surface area contributed by atoms with Gasteiger partial charge in [0.15, 0.2) is 0 Å². The first-order valence-electron chi connectivity index (χ1n) is 8.29. The summed E-state index contributed by atoms with van der Waals surface area (Å²) in [6, 6.07) is -1.41. The number of carboxylic acids is 2. The number of amides is 2. The summed E-state index contributed by atoms with van der Waals surface area (Å²) in [5.74, 6) is -1.84. The average molecular weight is 342 g/mol. The monoisotopic (exact) mass is 342 g/mol. The molecule has 9 nitrogen and oxygen atoms in total. The summed E-state index contributed by atoms with van der Waals surface area (Å²) >= 11 is 0. The Labute approximate surface area is 141 Å². The van der Waals surface area contributed by atoms with Crippen LogP contribution in [0.4, 0.5) is 4.79 Å². The van der Waals surface area contributed by atoms with Crippen molar-refractivity contribution in [1.82, 2.24) is 19.6 Å². The molecule has 24 heavy (non-hydrogen) atoms. The first-order chi connectivity index (χ1) is 11.3. The van der Waals surface area contributed by atoms with Crippen LogP contribution in [-0.2, 0) is 9.59 Å². The van der Waals surface area contributed by atoms with Gasteiger partial charge in [0.1, 0.15) is 12.1 Å². The van der Waals surface area contributed by atoms with E-state index >= 15 is 0 Å². The molecule has 0 aromatic rings. The molecular weight excluding hydrogens is 316 g/mol. The van der Waals surface area contributed by atoms with Gasteiger partial charge in [-0.15, -0.1) is 0 Å². The summed E-state index contributed by atoms with van der Waals surface area (Å²) in [5.41, 5.74) is 0. The van der Waals surface area contributed by atoms with E-state index < -0.39 is 24.0 Å². The summed E-state index contributed by atoms with van der Waals surface area (Å²) in [4.78, 5) is 42.1. The Bertz CT molecular complexity index is 458. The third-order valence-corrected chi connectivity index (χ3v) is 4.98. The average Bonchev–Trinajstić information content (AvgIpc) is 2.86. The number of rotatable bonds is 4. The van der Waals surface area contributed by atoms with E-state index in [-0.39, 0.29) is 6.03 Å². The van der Waals surface area contributed by atoms with Gasteiger partial charge in [-0.3, -0.25) is 19.4 Å². The van der Waals surface area contributed by atoms with Crippen LogP contribution in [0.1, 0.15) is 13.8 Å². The Morgan fingerprint density at radius 2 is 1.04 bits per heavy atom. The van der Waals surface area contributed by atoms with Gasteiger partial charge in [-0.2, -0.15) is 0 Å². The van der Waals surface area contributed by atoms with E-state index in [0.717, 1.165) is 0 Å². The van der Waals surface area contributed by atoms with Crippen LogP contribution in [0.15, 0.2) is 0 Å². The number of carbonyl (C=O) groups is 3. The van der Waals surface area contributed by atoms with E-state index in [1.165, 1.54) is 0 Å². The van der Waals surface area contributed by atoms with E-state index in [0.29, 0.717) is 52.4 Å². The van der Waals surface area contributed by atoms with Gasteiger partial charge in [-0.05, 0) is 13.8 Å². The molecule has 0 aromatic carbocycles. The lowest BCUT2D eigenvalue weighted by atomic mass is 10.2. The van der Waals surface area contributed by atoms with Crippen molar-refractivity contribution in [3.8, 4) is 0 Å². The summed E-state index contributed by atoms with van der Waals surface area (Å²) in [7, 11) is 0. The second-order valence-corrected chi connectivity index (χ2v) is 6.36. The first kappa shape index (κ1) is 18.5. The lowest BCUT2D eigenvalue weighted by Crippen LogP contribution is -2.49. The normalized spacial score (nSPS) is 23.7. The molecular formula is C15H26N4O5. The molecule has 0 aliphatic carbocycles. The first-order valence-corrected chi connectivity index (χ1v) is 8.29. The minimum Gasteiger partial charge on any atom is -0.480 e. The van der Waals surface area contributed by atoms with Gasteiger partial charge in [0, 0.05) is 52.4 Å². The van der Waals surface area contributed by atoms with Gasteiger partial charge in [0.2, 0.25) is 0 Å². The van der Waals surface area contributed by atoms with E-state index in [1.54, 1.807) is 33.4 Å². The molecule has 2 aliphatic heterocycles. The molecule has 9 heteroatoms. The number of carboxylic acid groups (broad SMARTS) is 2. The van der Waals surface area contributed by atoms with E-state index in [2.05, 4.69) is 0 Å². The third-order valence-electron chi connectivity index (χ3n) is 4.98. The molecule has 2 unspecified atom stereocenters. The predicted octanol–water partition coefficient (Wildman–Crippen LogP) is -0.712. The molecule has 2 rings (SSSR count). The molecule has 0 spiro atoms. The van der Waals surface area contributed by atoms with Crippen LogP contribution >= 0.6 is 0 Å². The quantitative estimate of drug-likeness (QED) is 0.695. The Hall–Kier alpha value is -1.87. The second-order valence-electron chi connectivity index (χ2n) is 6.36. The lowest BCUT2D eigenvalue weighted by molar-refractivity contribution is -0.145. The Morgan fingerprint density at radius 1 is 0.750 bits per heavy atom. The van der Waals surface area contributed by atoms with Crippen molar-refractivity contribution in [1.29, 1.82) is 0 Å². The van der Waals surface area contributed by atoms with Crippen LogP contribution in [0.3, 0.4) is 0 Å². The standard InChI is InChI=1S/C15H26N4O5/c1-11(13(20)21)16-3-4-17(12(2)14(22)23)6-8-19-10-9-18(7-5-16)15(19)24/h11-12H,3-10H2,1-2H3,(H,20,21)(H,22,23). The summed E-state index contributed by atoms with van der Waals surface area (Å²) in [5, 5.41) is 18.6. The highest BCUT2D eigenvalue weighted by Crippen LogP contribution is 2.12. The topological polar surface area (TPSA) is 105 Å². The van der Waals surface area contributed by atoms with Crippen molar-refractivity contribution in [2.75, 3.05) is 52.4 Å². The van der Waals surface area contributed by atoms with Crippen molar-refractivity contribution < 1.29 is 24.6 Å². The highest BCUT2D eigenvalue weighted by Gasteiger charge is 2.32. The summed E-state index contributed by atoms with van der Waals surface area (Å²) in [6.45, 7) is 7.29. The zero-order valence-corrected chi connectivity index (χ0v) is 14.2. The molecule has 2 atom stereocenters. The number of nitrogens with zero attached hydrogens (tertiary/aromatic N) is 4. The maximum absolute atomic E-state index is 12.3. The van der Waals surface area contributed by atoms with Gasteiger partial charge < -0.3 is 20.0 Å². The van der Waals surface area contributed by atoms with Crippen molar-refractivity contribution in [3.05, 3.63) is 0 Å². The molecule has 0 aromatic heterocycles. The number of hydrogen-bond acceptors (Lipinski definition) is 5. The highest BCUT2D eigenvalue weighted by atomic mass is 16.4. The van der Waals surface area contributed by atoms with E-state index in [1.807, 2.05) is 0 Å². The Morgan fingerprint density at radius 3 is 1.38 bits per heavy atom. The lowest BCUT2D eigenvalue weighted by Gasteiger charge is -2.32. The molecule has 2 N–H and O–H groups in total. The number of hydrogen-bond donors (Lipinski definition) is 2. The SMILES string of the molecule is CC(C(=O)O)N1CCN2CCN(CCN(C(C)C(=O)O)CC1)C2=O. The molecule has 2 amide bonds. The Kier molecular flexibility index (Phi) is 6.00. The van der Waals surface area contributed by atoms with Crippen LogP contribution in [0.5, 0.6) is 0 Å².